The van der Waals surface area contributed by atoms with Crippen LogP contribution in [0.2, 0.25) is 0 Å². The lowest BCUT2D eigenvalue weighted by molar-refractivity contribution is -0.139. The van der Waals surface area contributed by atoms with Crippen molar-refractivity contribution in [3.05, 3.63) is 0 Å². The molecule has 0 rings (SSSR count). The summed E-state index contributed by atoms with van der Waals surface area (Å²) in [4.78, 5) is 22.0. The summed E-state index contributed by atoms with van der Waals surface area (Å²) in [5, 5.41) is 11.1. The smallest absolute Gasteiger partial charge is 0.407 e. The molecule has 8 heteroatoms. The molecule has 7 nitrogen and oxygen atoms in total. The highest BCUT2D eigenvalue weighted by Crippen LogP contribution is 2.43. The molecule has 0 radical (unpaired) electrons. The van der Waals surface area contributed by atoms with E-state index >= 15 is 0 Å². The summed E-state index contributed by atoms with van der Waals surface area (Å²) in [6, 6.07) is -1.13. The van der Waals surface area contributed by atoms with Gasteiger partial charge in [0.2, 0.25) is 0 Å². The fraction of sp³-hybridized carbons (Fsp3) is 0.800. The highest BCUT2D eigenvalue weighted by Gasteiger charge is 2.24. The quantitative estimate of drug-likeness (QED) is 0.654. The Morgan fingerprint density at radius 1 is 1.33 bits per heavy atom. The van der Waals surface area contributed by atoms with Crippen LogP contribution in [-0.4, -0.2) is 49.3 Å². The molecular formula is C10H20NO6P. The van der Waals surface area contributed by atoms with Crippen molar-refractivity contribution in [1.29, 1.82) is 0 Å². The minimum atomic E-state index is -2.80. The topological polar surface area (TPSA) is 102 Å². The Morgan fingerprint density at radius 2 is 1.94 bits per heavy atom. The number of hydrogen-bond donors (Lipinski definition) is 2. The van der Waals surface area contributed by atoms with Crippen molar-refractivity contribution in [1.82, 2.24) is 5.32 Å². The predicted octanol–water partition coefficient (Wildman–Crippen LogP) is 1.52. The lowest BCUT2D eigenvalue weighted by Crippen LogP contribution is -2.41. The van der Waals surface area contributed by atoms with Crippen LogP contribution < -0.4 is 5.32 Å². The molecule has 1 amide bonds. The molecule has 106 valence electrons. The third-order valence-electron chi connectivity index (χ3n) is 2.09. The molecule has 0 saturated carbocycles. The lowest BCUT2D eigenvalue weighted by atomic mass is 10.2. The average Bonchev–Trinajstić information content (AvgIpc) is 2.24. The first kappa shape index (κ1) is 16.9. The number of carboxylic acids is 1. The molecule has 0 aliphatic rings. The Balaban J connectivity index is 4.33. The molecule has 0 heterocycles. The summed E-state index contributed by atoms with van der Waals surface area (Å²) >= 11 is 0. The van der Waals surface area contributed by atoms with Crippen LogP contribution in [0.3, 0.4) is 0 Å². The van der Waals surface area contributed by atoms with E-state index in [0.717, 1.165) is 0 Å². The molecule has 2 atom stereocenters. The molecule has 2 unspecified atom stereocenters. The van der Waals surface area contributed by atoms with E-state index in [1.807, 2.05) is 0 Å². The van der Waals surface area contributed by atoms with E-state index in [-0.39, 0.29) is 19.2 Å². The Morgan fingerprint density at radius 3 is 2.39 bits per heavy atom. The van der Waals surface area contributed by atoms with Gasteiger partial charge >= 0.3 is 12.1 Å². The molecule has 0 fully saturated rings. The fourth-order valence-electron chi connectivity index (χ4n) is 1.27. The number of carbonyl (C=O) groups is 2. The van der Waals surface area contributed by atoms with Gasteiger partial charge in [-0.2, -0.15) is 0 Å². The van der Waals surface area contributed by atoms with E-state index < -0.39 is 25.5 Å². The monoisotopic (exact) mass is 281 g/mol. The van der Waals surface area contributed by atoms with Gasteiger partial charge < -0.3 is 19.7 Å². The first-order valence-corrected chi connectivity index (χ1v) is 7.95. The summed E-state index contributed by atoms with van der Waals surface area (Å²) in [7, 11) is -2.80. The van der Waals surface area contributed by atoms with E-state index in [1.54, 1.807) is 13.8 Å². The third-order valence-corrected chi connectivity index (χ3v) is 3.97. The lowest BCUT2D eigenvalue weighted by Gasteiger charge is -2.17. The zero-order valence-corrected chi connectivity index (χ0v) is 11.7. The molecule has 0 aromatic carbocycles. The molecule has 18 heavy (non-hydrogen) atoms. The van der Waals surface area contributed by atoms with E-state index in [4.69, 9.17) is 9.63 Å². The van der Waals surface area contributed by atoms with Crippen molar-refractivity contribution in [2.75, 3.05) is 26.0 Å². The van der Waals surface area contributed by atoms with Crippen LogP contribution in [0.4, 0.5) is 4.79 Å². The maximum absolute atomic E-state index is 11.8. The Labute approximate surface area is 106 Å². The second-order valence-corrected chi connectivity index (χ2v) is 6.43. The first-order chi connectivity index (χ1) is 8.32. The van der Waals surface area contributed by atoms with Crippen molar-refractivity contribution in [3.63, 3.8) is 0 Å². The highest BCUT2D eigenvalue weighted by molar-refractivity contribution is 7.58. The number of carboxylic acid groups (broad SMARTS) is 1. The van der Waals surface area contributed by atoms with Crippen molar-refractivity contribution >= 4 is 19.4 Å². The molecule has 0 aromatic rings. The molecule has 0 bridgehead atoms. The van der Waals surface area contributed by atoms with Gasteiger partial charge in [-0.05, 0) is 20.3 Å². The van der Waals surface area contributed by atoms with Gasteiger partial charge in [0.05, 0.1) is 13.2 Å². The van der Waals surface area contributed by atoms with Crippen molar-refractivity contribution in [3.8, 4) is 0 Å². The second kappa shape index (κ2) is 8.11. The molecule has 0 spiro atoms. The fourth-order valence-corrected chi connectivity index (χ4v) is 2.68. The molecule has 0 saturated heterocycles. The van der Waals surface area contributed by atoms with E-state index in [0.29, 0.717) is 6.61 Å². The van der Waals surface area contributed by atoms with Crippen LogP contribution in [0.1, 0.15) is 20.3 Å². The summed E-state index contributed by atoms with van der Waals surface area (Å²) in [5.74, 6) is -1.19. The normalized spacial score (nSPS) is 15.5. The number of nitrogens with one attached hydrogen (secondary N) is 1. The van der Waals surface area contributed by atoms with E-state index in [9.17, 15) is 14.2 Å². The van der Waals surface area contributed by atoms with Gasteiger partial charge in [0, 0.05) is 12.8 Å². The minimum absolute atomic E-state index is 0.0297. The zero-order valence-electron chi connectivity index (χ0n) is 10.8. The first-order valence-electron chi connectivity index (χ1n) is 5.69. The molecule has 0 aliphatic heterocycles. The number of carbonyl (C=O) groups excluding carboxylic acids is 1. The van der Waals surface area contributed by atoms with Crippen molar-refractivity contribution in [2.45, 2.75) is 26.3 Å². The summed E-state index contributed by atoms with van der Waals surface area (Å²) in [6.07, 6.45) is -0.682. The number of aliphatic carboxylic acids is 1. The summed E-state index contributed by atoms with van der Waals surface area (Å²) in [6.45, 7) is 5.23. The number of alkyl carbamates (subject to hydrolysis) is 1. The van der Waals surface area contributed by atoms with Crippen molar-refractivity contribution in [2.24, 2.45) is 0 Å². The van der Waals surface area contributed by atoms with Crippen LogP contribution in [0.5, 0.6) is 0 Å². The average molecular weight is 281 g/mol. The van der Waals surface area contributed by atoms with Gasteiger partial charge in [0.1, 0.15) is 6.04 Å². The highest BCUT2D eigenvalue weighted by atomic mass is 31.2. The van der Waals surface area contributed by atoms with Crippen LogP contribution in [0, 0.1) is 0 Å². The Hall–Kier alpha value is -1.07. The van der Waals surface area contributed by atoms with Gasteiger partial charge in [0.15, 0.2) is 7.37 Å². The molecular weight excluding hydrogens is 261 g/mol. The van der Waals surface area contributed by atoms with Crippen LogP contribution in [0.25, 0.3) is 0 Å². The summed E-state index contributed by atoms with van der Waals surface area (Å²) < 4.78 is 21.4. The van der Waals surface area contributed by atoms with Gasteiger partial charge in [0.25, 0.3) is 0 Å². The van der Waals surface area contributed by atoms with Gasteiger partial charge in [-0.3, -0.25) is 4.57 Å². The van der Waals surface area contributed by atoms with Gasteiger partial charge in [-0.25, -0.2) is 9.59 Å². The number of ether oxygens (including phenoxy) is 1. The van der Waals surface area contributed by atoms with Crippen LogP contribution >= 0.6 is 7.37 Å². The van der Waals surface area contributed by atoms with E-state index in [1.165, 1.54) is 6.66 Å². The predicted molar refractivity (Wildman–Crippen MR) is 66.2 cm³/mol. The maximum atomic E-state index is 11.8. The number of rotatable bonds is 8. The maximum Gasteiger partial charge on any atom is 0.407 e. The minimum Gasteiger partial charge on any atom is -0.480 e. The van der Waals surface area contributed by atoms with Gasteiger partial charge in [-0.15, -0.1) is 0 Å². The molecule has 0 aliphatic carbocycles. The summed E-state index contributed by atoms with van der Waals surface area (Å²) in [5.41, 5.74) is 0. The van der Waals surface area contributed by atoms with Gasteiger partial charge in [-0.1, -0.05) is 0 Å². The second-order valence-electron chi connectivity index (χ2n) is 3.70. The molecule has 0 aromatic heterocycles. The van der Waals surface area contributed by atoms with E-state index in [2.05, 4.69) is 10.1 Å². The van der Waals surface area contributed by atoms with Crippen LogP contribution in [0.15, 0.2) is 0 Å². The SMILES string of the molecule is CCOC(=O)NC(CCP(C)(=O)OCC)C(=O)O. The number of hydrogen-bond acceptors (Lipinski definition) is 5. The van der Waals surface area contributed by atoms with Crippen LogP contribution in [-0.2, 0) is 18.6 Å². The Kier molecular flexibility index (Phi) is 7.62. The Bertz CT molecular complexity index is 332. The largest absolute Gasteiger partial charge is 0.480 e. The third kappa shape index (κ3) is 7.29. The van der Waals surface area contributed by atoms with Crippen molar-refractivity contribution < 1.29 is 28.5 Å². The zero-order chi connectivity index (χ0) is 14.2. The number of amides is 1. The molecule has 2 N–H and O–H groups in total. The standard InChI is InChI=1S/C10H20NO6P/c1-4-16-10(14)11-8(9(12)13)6-7-18(3,15)17-5-2/h8H,4-7H2,1-3H3,(H,11,14)(H,12,13).